The van der Waals surface area contributed by atoms with Crippen LogP contribution in [-0.2, 0) is 14.2 Å². The third-order valence-corrected chi connectivity index (χ3v) is 7.04. The number of ether oxygens (including phenoxy) is 4. The molecule has 4 heterocycles. The topological polar surface area (TPSA) is 111 Å². The number of hydrogen-bond acceptors (Lipinski definition) is 8. The van der Waals surface area contributed by atoms with Crippen LogP contribution < -0.4 is 10.4 Å². The molecule has 2 N–H and O–H groups in total. The van der Waals surface area contributed by atoms with E-state index in [1.165, 1.54) is 13.2 Å². The normalized spacial score (nSPS) is 41.9. The van der Waals surface area contributed by atoms with E-state index in [0.29, 0.717) is 17.9 Å². The second kappa shape index (κ2) is 7.86. The highest BCUT2D eigenvalue weighted by molar-refractivity contribution is 5.52. The minimum Gasteiger partial charge on any atom is -0.496 e. The van der Waals surface area contributed by atoms with Crippen molar-refractivity contribution < 1.29 is 33.6 Å². The molecule has 4 rings (SSSR count). The number of allylic oxidation sites excluding steroid dienone is 2. The van der Waals surface area contributed by atoms with Crippen LogP contribution in [0.3, 0.4) is 0 Å². The summed E-state index contributed by atoms with van der Waals surface area (Å²) in [7, 11) is 1.50. The Hall–Kier alpha value is -1.97. The lowest BCUT2D eigenvalue weighted by Crippen LogP contribution is -2.55. The standard InChI is InChI=1S/C23H30O8/c1-6-16-23(4,26)22(3)20(25)19(31-21(22)30-16)18-14(29-18)10-8-7-9-13-12(2)15(27-5)11-17(24)28-13/h7-11,14,16,18-21,25-26H,6H2,1-5H3/b9-7+,10-8+/t14-,16+,18+,19-,20+,21-,22+,23-/m1/s1. The summed E-state index contributed by atoms with van der Waals surface area (Å²) in [5, 5.41) is 22.0. The molecule has 31 heavy (non-hydrogen) atoms. The van der Waals surface area contributed by atoms with Gasteiger partial charge in [0.25, 0.3) is 0 Å². The van der Waals surface area contributed by atoms with Gasteiger partial charge in [0.2, 0.25) is 0 Å². The molecule has 8 atom stereocenters. The molecule has 0 spiro atoms. The molecule has 3 aliphatic heterocycles. The molecular formula is C23H30O8. The van der Waals surface area contributed by atoms with E-state index >= 15 is 0 Å². The molecule has 0 aliphatic carbocycles. The molecule has 0 bridgehead atoms. The summed E-state index contributed by atoms with van der Waals surface area (Å²) in [6, 6.07) is 1.30. The number of methoxy groups -OCH3 is 1. The van der Waals surface area contributed by atoms with Crippen LogP contribution in [0.5, 0.6) is 5.75 Å². The van der Waals surface area contributed by atoms with Gasteiger partial charge in [-0.3, -0.25) is 0 Å². The fourth-order valence-corrected chi connectivity index (χ4v) is 4.72. The van der Waals surface area contributed by atoms with Crippen LogP contribution >= 0.6 is 0 Å². The van der Waals surface area contributed by atoms with Gasteiger partial charge in [0.15, 0.2) is 6.29 Å². The number of fused-ring (bicyclic) bond motifs is 1. The van der Waals surface area contributed by atoms with Crippen LogP contribution in [0.4, 0.5) is 0 Å². The Balaban J connectivity index is 1.40. The number of aliphatic hydroxyl groups excluding tert-OH is 1. The van der Waals surface area contributed by atoms with Crippen LogP contribution in [0.25, 0.3) is 6.08 Å². The lowest BCUT2D eigenvalue weighted by molar-refractivity contribution is -0.157. The molecule has 8 nitrogen and oxygen atoms in total. The Bertz CT molecular complexity index is 947. The summed E-state index contributed by atoms with van der Waals surface area (Å²) in [5.41, 5.74) is -1.89. The number of hydrogen-bond donors (Lipinski definition) is 2. The molecule has 0 radical (unpaired) electrons. The first kappa shape index (κ1) is 22.2. The quantitative estimate of drug-likeness (QED) is 0.516. The van der Waals surface area contributed by atoms with Crippen molar-refractivity contribution in [3.8, 4) is 5.75 Å². The predicted molar refractivity (Wildman–Crippen MR) is 112 cm³/mol. The van der Waals surface area contributed by atoms with Gasteiger partial charge in [-0.1, -0.05) is 25.2 Å². The van der Waals surface area contributed by atoms with Crippen molar-refractivity contribution in [2.24, 2.45) is 5.41 Å². The van der Waals surface area contributed by atoms with Crippen LogP contribution in [0.15, 0.2) is 33.5 Å². The first-order chi connectivity index (χ1) is 14.6. The van der Waals surface area contributed by atoms with E-state index < -0.39 is 35.1 Å². The van der Waals surface area contributed by atoms with Gasteiger partial charge in [-0.15, -0.1) is 0 Å². The summed E-state index contributed by atoms with van der Waals surface area (Å²) in [6.07, 6.45) is 4.55. The van der Waals surface area contributed by atoms with Gasteiger partial charge in [0.1, 0.15) is 35.4 Å². The van der Waals surface area contributed by atoms with E-state index in [-0.39, 0.29) is 18.3 Å². The summed E-state index contributed by atoms with van der Waals surface area (Å²) in [4.78, 5) is 11.6. The lowest BCUT2D eigenvalue weighted by atomic mass is 9.68. The highest BCUT2D eigenvalue weighted by atomic mass is 16.7. The highest BCUT2D eigenvalue weighted by Crippen LogP contribution is 2.57. The van der Waals surface area contributed by atoms with Crippen molar-refractivity contribution in [3.63, 3.8) is 0 Å². The lowest BCUT2D eigenvalue weighted by Gasteiger charge is -2.38. The van der Waals surface area contributed by atoms with E-state index in [2.05, 4.69) is 0 Å². The maximum Gasteiger partial charge on any atom is 0.339 e. The zero-order valence-electron chi connectivity index (χ0n) is 18.4. The van der Waals surface area contributed by atoms with Crippen LogP contribution in [0.1, 0.15) is 38.5 Å². The minimum absolute atomic E-state index is 0.225. The van der Waals surface area contributed by atoms with Crippen molar-refractivity contribution >= 4 is 6.08 Å². The fourth-order valence-electron chi connectivity index (χ4n) is 4.72. The maximum atomic E-state index is 11.6. The van der Waals surface area contributed by atoms with Gasteiger partial charge in [-0.25, -0.2) is 4.79 Å². The predicted octanol–water partition coefficient (Wildman–Crippen LogP) is 1.95. The Labute approximate surface area is 181 Å². The number of aliphatic hydroxyl groups is 2. The van der Waals surface area contributed by atoms with E-state index in [4.69, 9.17) is 23.4 Å². The maximum absolute atomic E-state index is 11.6. The SMILES string of the molecule is CC[C@@H]1O[C@@H]2O[C@H]([C@H]3O[C@@H]3/C=C/C=C/c3oc(=O)cc(OC)c3C)[C@H](O)[C@]2(C)[C@]1(C)O. The van der Waals surface area contributed by atoms with Gasteiger partial charge >= 0.3 is 5.63 Å². The zero-order chi connectivity index (χ0) is 22.6. The summed E-state index contributed by atoms with van der Waals surface area (Å²) in [6.45, 7) is 7.24. The number of rotatable bonds is 6. The smallest absolute Gasteiger partial charge is 0.339 e. The van der Waals surface area contributed by atoms with Crippen molar-refractivity contribution in [2.75, 3.05) is 7.11 Å². The van der Waals surface area contributed by atoms with Gasteiger partial charge in [-0.05, 0) is 33.3 Å². The Kier molecular flexibility index (Phi) is 5.64. The monoisotopic (exact) mass is 434 g/mol. The molecule has 0 amide bonds. The van der Waals surface area contributed by atoms with Crippen molar-refractivity contribution in [1.82, 2.24) is 0 Å². The summed E-state index contributed by atoms with van der Waals surface area (Å²) < 4.78 is 27.9. The highest BCUT2D eigenvalue weighted by Gasteiger charge is 2.72. The molecule has 170 valence electrons. The van der Waals surface area contributed by atoms with E-state index in [9.17, 15) is 15.0 Å². The average molecular weight is 434 g/mol. The average Bonchev–Trinajstić information content (AvgIpc) is 3.40. The molecule has 0 aromatic carbocycles. The molecule has 3 saturated heterocycles. The minimum atomic E-state index is -1.21. The molecular weight excluding hydrogens is 404 g/mol. The van der Waals surface area contributed by atoms with Gasteiger partial charge in [-0.2, -0.15) is 0 Å². The third kappa shape index (κ3) is 3.47. The molecule has 8 heteroatoms. The zero-order valence-corrected chi connectivity index (χ0v) is 18.4. The van der Waals surface area contributed by atoms with Gasteiger partial charge < -0.3 is 33.6 Å². The second-order valence-corrected chi connectivity index (χ2v) is 8.77. The van der Waals surface area contributed by atoms with Crippen LogP contribution in [0, 0.1) is 12.3 Å². The van der Waals surface area contributed by atoms with Gasteiger partial charge in [0, 0.05) is 5.56 Å². The summed E-state index contributed by atoms with van der Waals surface area (Å²) >= 11 is 0. The van der Waals surface area contributed by atoms with Gasteiger partial charge in [0.05, 0.1) is 30.8 Å². The van der Waals surface area contributed by atoms with E-state index in [1.54, 1.807) is 32.1 Å². The first-order valence-electron chi connectivity index (χ1n) is 10.6. The largest absolute Gasteiger partial charge is 0.496 e. The molecule has 3 aliphatic rings. The number of epoxide rings is 1. The van der Waals surface area contributed by atoms with Crippen molar-refractivity contribution in [3.05, 3.63) is 46.0 Å². The molecule has 0 saturated carbocycles. The summed E-state index contributed by atoms with van der Waals surface area (Å²) in [5.74, 6) is 0.891. The van der Waals surface area contributed by atoms with E-state index in [0.717, 1.165) is 5.56 Å². The first-order valence-corrected chi connectivity index (χ1v) is 10.6. The van der Waals surface area contributed by atoms with Crippen molar-refractivity contribution in [1.29, 1.82) is 0 Å². The second-order valence-electron chi connectivity index (χ2n) is 8.77. The Morgan fingerprint density at radius 3 is 2.58 bits per heavy atom. The molecule has 3 fully saturated rings. The molecule has 1 aromatic heterocycles. The van der Waals surface area contributed by atoms with Crippen LogP contribution in [-0.4, -0.2) is 59.7 Å². The molecule has 1 aromatic rings. The van der Waals surface area contributed by atoms with Crippen LogP contribution in [0.2, 0.25) is 0 Å². The third-order valence-electron chi connectivity index (χ3n) is 7.04. The van der Waals surface area contributed by atoms with Crippen molar-refractivity contribution in [2.45, 2.75) is 76.5 Å². The van der Waals surface area contributed by atoms with E-state index in [1.807, 2.05) is 19.9 Å². The molecule has 0 unspecified atom stereocenters. The fraction of sp³-hybridized carbons (Fsp3) is 0.609. The Morgan fingerprint density at radius 2 is 1.94 bits per heavy atom. The Morgan fingerprint density at radius 1 is 1.19 bits per heavy atom.